The molecule has 6 nitrogen and oxygen atoms in total. The van der Waals surface area contributed by atoms with Gasteiger partial charge in [0.2, 0.25) is 5.91 Å². The van der Waals surface area contributed by atoms with Gasteiger partial charge >= 0.3 is 11.6 Å². The molecule has 0 radical (unpaired) electrons. The second-order valence-corrected chi connectivity index (χ2v) is 6.50. The van der Waals surface area contributed by atoms with Crippen molar-refractivity contribution in [3.05, 3.63) is 45.8 Å². The van der Waals surface area contributed by atoms with Crippen molar-refractivity contribution < 1.29 is 18.7 Å². The highest BCUT2D eigenvalue weighted by Crippen LogP contribution is 2.21. The summed E-state index contributed by atoms with van der Waals surface area (Å²) >= 11 is 0. The molecule has 0 aliphatic carbocycles. The third kappa shape index (κ3) is 3.90. The smallest absolute Gasteiger partial charge is 0.336 e. The van der Waals surface area contributed by atoms with E-state index < -0.39 is 5.63 Å². The van der Waals surface area contributed by atoms with Crippen molar-refractivity contribution in [3.8, 4) is 0 Å². The summed E-state index contributed by atoms with van der Waals surface area (Å²) < 4.78 is 10.6. The number of likely N-dealkylation sites (tertiary alicyclic amines) is 1. The second-order valence-electron chi connectivity index (χ2n) is 6.50. The van der Waals surface area contributed by atoms with Crippen LogP contribution >= 0.6 is 0 Å². The SMILES string of the molecule is CC(=O)N1CCC[C@@H](C(=O)OCc2cc(=O)oc3cc(C)ccc23)C1. The number of esters is 1. The summed E-state index contributed by atoms with van der Waals surface area (Å²) in [6, 6.07) is 6.91. The van der Waals surface area contributed by atoms with E-state index in [1.807, 2.05) is 19.1 Å². The number of hydrogen-bond acceptors (Lipinski definition) is 5. The molecule has 25 heavy (non-hydrogen) atoms. The number of carbonyl (C=O) groups is 2. The molecule has 0 bridgehead atoms. The monoisotopic (exact) mass is 343 g/mol. The predicted octanol–water partition coefficient (Wildman–Crippen LogP) is 2.40. The van der Waals surface area contributed by atoms with Crippen LogP contribution in [0.15, 0.2) is 33.5 Å². The number of benzene rings is 1. The quantitative estimate of drug-likeness (QED) is 0.632. The van der Waals surface area contributed by atoms with E-state index in [9.17, 15) is 14.4 Å². The molecule has 2 heterocycles. The third-order valence-corrected chi connectivity index (χ3v) is 4.56. The van der Waals surface area contributed by atoms with E-state index in [1.54, 1.807) is 11.0 Å². The van der Waals surface area contributed by atoms with Crippen LogP contribution in [0.4, 0.5) is 0 Å². The first kappa shape index (κ1) is 17.2. The van der Waals surface area contributed by atoms with E-state index >= 15 is 0 Å². The Kier molecular flexibility index (Phi) is 4.88. The number of ether oxygens (including phenoxy) is 1. The Morgan fingerprint density at radius 1 is 1.32 bits per heavy atom. The predicted molar refractivity (Wildman–Crippen MR) is 92.0 cm³/mol. The van der Waals surface area contributed by atoms with Crippen LogP contribution in [-0.2, 0) is 20.9 Å². The average Bonchev–Trinajstić information content (AvgIpc) is 2.58. The normalized spacial score (nSPS) is 17.5. The van der Waals surface area contributed by atoms with Gasteiger partial charge in [0, 0.05) is 37.0 Å². The molecule has 1 amide bonds. The van der Waals surface area contributed by atoms with Crippen molar-refractivity contribution in [2.75, 3.05) is 13.1 Å². The van der Waals surface area contributed by atoms with Gasteiger partial charge in [-0.1, -0.05) is 12.1 Å². The molecule has 1 aliphatic heterocycles. The maximum atomic E-state index is 12.4. The number of rotatable bonds is 3. The van der Waals surface area contributed by atoms with Gasteiger partial charge in [-0.25, -0.2) is 4.79 Å². The number of aryl methyl sites for hydroxylation is 1. The number of fused-ring (bicyclic) bond motifs is 1. The number of hydrogen-bond donors (Lipinski definition) is 0. The van der Waals surface area contributed by atoms with Crippen LogP contribution in [0.25, 0.3) is 11.0 Å². The van der Waals surface area contributed by atoms with Crippen molar-refractivity contribution in [1.82, 2.24) is 4.90 Å². The number of carbonyl (C=O) groups excluding carboxylic acids is 2. The molecule has 1 fully saturated rings. The minimum absolute atomic E-state index is 0.0145. The van der Waals surface area contributed by atoms with Crippen LogP contribution < -0.4 is 5.63 Å². The van der Waals surface area contributed by atoms with Crippen molar-refractivity contribution in [3.63, 3.8) is 0 Å². The molecule has 132 valence electrons. The van der Waals surface area contributed by atoms with Crippen LogP contribution in [0, 0.1) is 12.8 Å². The van der Waals surface area contributed by atoms with E-state index in [0.717, 1.165) is 17.4 Å². The maximum absolute atomic E-state index is 12.4. The summed E-state index contributed by atoms with van der Waals surface area (Å²) in [5.41, 5.74) is 1.62. The van der Waals surface area contributed by atoms with Crippen LogP contribution in [0.2, 0.25) is 0 Å². The standard InChI is InChI=1S/C19H21NO5/c1-12-5-6-16-15(9-18(22)25-17(16)8-12)11-24-19(23)14-4-3-7-20(10-14)13(2)21/h5-6,8-9,14H,3-4,7,10-11H2,1-2H3/t14-/m1/s1. The Bertz CT molecular complexity index is 870. The largest absolute Gasteiger partial charge is 0.461 e. The van der Waals surface area contributed by atoms with E-state index in [-0.39, 0.29) is 24.4 Å². The lowest BCUT2D eigenvalue weighted by Crippen LogP contribution is -2.41. The van der Waals surface area contributed by atoms with Gasteiger partial charge < -0.3 is 14.1 Å². The van der Waals surface area contributed by atoms with Crippen molar-refractivity contribution in [1.29, 1.82) is 0 Å². The van der Waals surface area contributed by atoms with Gasteiger partial charge in [-0.15, -0.1) is 0 Å². The summed E-state index contributed by atoms with van der Waals surface area (Å²) in [6.07, 6.45) is 1.50. The first-order chi connectivity index (χ1) is 11.9. The Balaban J connectivity index is 1.73. The number of piperidine rings is 1. The lowest BCUT2D eigenvalue weighted by atomic mass is 9.98. The Labute approximate surface area is 145 Å². The molecule has 1 aromatic heterocycles. The highest BCUT2D eigenvalue weighted by molar-refractivity contribution is 5.81. The molecule has 1 atom stereocenters. The maximum Gasteiger partial charge on any atom is 0.336 e. The molecular weight excluding hydrogens is 322 g/mol. The van der Waals surface area contributed by atoms with Crippen molar-refractivity contribution in [2.24, 2.45) is 5.92 Å². The van der Waals surface area contributed by atoms with Crippen LogP contribution in [0.3, 0.4) is 0 Å². The fourth-order valence-electron chi connectivity index (χ4n) is 3.18. The Hall–Kier alpha value is -2.63. The fourth-order valence-corrected chi connectivity index (χ4v) is 3.18. The summed E-state index contributed by atoms with van der Waals surface area (Å²) in [5.74, 6) is -0.676. The van der Waals surface area contributed by atoms with Crippen LogP contribution in [0.5, 0.6) is 0 Å². The fraction of sp³-hybridized carbons (Fsp3) is 0.421. The molecule has 0 unspecified atom stereocenters. The molecule has 3 rings (SSSR count). The highest BCUT2D eigenvalue weighted by Gasteiger charge is 2.28. The summed E-state index contributed by atoms with van der Waals surface area (Å²) in [5, 5.41) is 0.756. The van der Waals surface area contributed by atoms with Crippen LogP contribution in [-0.4, -0.2) is 29.9 Å². The minimum Gasteiger partial charge on any atom is -0.461 e. The van der Waals surface area contributed by atoms with Gasteiger partial charge in [-0.05, 0) is 31.4 Å². The molecule has 1 saturated heterocycles. The molecule has 2 aromatic rings. The highest BCUT2D eigenvalue weighted by atomic mass is 16.5. The molecule has 6 heteroatoms. The van der Waals surface area contributed by atoms with Gasteiger partial charge in [0.05, 0.1) is 5.92 Å². The Morgan fingerprint density at radius 3 is 2.88 bits per heavy atom. The zero-order chi connectivity index (χ0) is 18.0. The van der Waals surface area contributed by atoms with E-state index in [1.165, 1.54) is 13.0 Å². The van der Waals surface area contributed by atoms with Gasteiger partial charge in [-0.2, -0.15) is 0 Å². The first-order valence-corrected chi connectivity index (χ1v) is 8.39. The summed E-state index contributed by atoms with van der Waals surface area (Å²) in [7, 11) is 0. The van der Waals surface area contributed by atoms with Crippen molar-refractivity contribution >= 4 is 22.8 Å². The van der Waals surface area contributed by atoms with Gasteiger partial charge in [-0.3, -0.25) is 9.59 Å². The molecule has 1 aromatic carbocycles. The van der Waals surface area contributed by atoms with E-state index in [0.29, 0.717) is 30.7 Å². The molecular formula is C19H21NO5. The van der Waals surface area contributed by atoms with E-state index in [2.05, 4.69) is 0 Å². The molecule has 0 N–H and O–H groups in total. The first-order valence-electron chi connectivity index (χ1n) is 8.39. The van der Waals surface area contributed by atoms with Gasteiger partial charge in [0.1, 0.15) is 12.2 Å². The van der Waals surface area contributed by atoms with Gasteiger partial charge in [0.25, 0.3) is 0 Å². The molecule has 0 saturated carbocycles. The Morgan fingerprint density at radius 2 is 2.12 bits per heavy atom. The zero-order valence-corrected chi connectivity index (χ0v) is 14.4. The minimum atomic E-state index is -0.468. The van der Waals surface area contributed by atoms with Crippen LogP contribution in [0.1, 0.15) is 30.9 Å². The van der Waals surface area contributed by atoms with Gasteiger partial charge in [0.15, 0.2) is 0 Å². The second kappa shape index (κ2) is 7.09. The lowest BCUT2D eigenvalue weighted by Gasteiger charge is -2.30. The topological polar surface area (TPSA) is 76.8 Å². The number of amides is 1. The molecule has 0 spiro atoms. The summed E-state index contributed by atoms with van der Waals surface area (Å²) in [4.78, 5) is 37.2. The van der Waals surface area contributed by atoms with Crippen molar-refractivity contribution in [2.45, 2.75) is 33.3 Å². The zero-order valence-electron chi connectivity index (χ0n) is 14.4. The summed E-state index contributed by atoms with van der Waals surface area (Å²) in [6.45, 7) is 4.51. The average molecular weight is 343 g/mol. The third-order valence-electron chi connectivity index (χ3n) is 4.56. The van der Waals surface area contributed by atoms with E-state index in [4.69, 9.17) is 9.15 Å². The molecule has 1 aliphatic rings. The number of nitrogens with zero attached hydrogens (tertiary/aromatic N) is 1. The lowest BCUT2D eigenvalue weighted by molar-refractivity contribution is -0.152.